The molecule has 7 heteroatoms. The number of piperidine rings is 1. The number of fused-ring (bicyclic) bond motifs is 1. The maximum absolute atomic E-state index is 12.6. The number of anilines is 1. The van der Waals surface area contributed by atoms with Crippen LogP contribution in [0.15, 0.2) is 48.5 Å². The Hall–Kier alpha value is -2.74. The van der Waals surface area contributed by atoms with Gasteiger partial charge in [-0.05, 0) is 50.9 Å². The van der Waals surface area contributed by atoms with Crippen LogP contribution >= 0.6 is 0 Å². The molecule has 3 heterocycles. The van der Waals surface area contributed by atoms with Crippen LogP contribution in [0, 0.1) is 0 Å². The first-order valence-corrected chi connectivity index (χ1v) is 11.4. The van der Waals surface area contributed by atoms with Crippen LogP contribution in [-0.2, 0) is 16.1 Å². The molecule has 1 unspecified atom stereocenters. The molecule has 0 spiro atoms. The fraction of sp³-hybridized carbons (Fsp3) is 0.440. The first kappa shape index (κ1) is 21.1. The Kier molecular flexibility index (Phi) is 5.71. The topological polar surface area (TPSA) is 79.6 Å². The van der Waals surface area contributed by atoms with Crippen molar-refractivity contribution in [3.05, 3.63) is 48.5 Å². The smallest absolute Gasteiger partial charge is 0.253 e. The number of ether oxygens (including phenoxy) is 1. The lowest BCUT2D eigenvalue weighted by Crippen LogP contribution is -2.45. The summed E-state index contributed by atoms with van der Waals surface area (Å²) in [6.45, 7) is 2.79. The van der Waals surface area contributed by atoms with Crippen molar-refractivity contribution in [2.24, 2.45) is 0 Å². The molecule has 0 bridgehead atoms. The molecule has 0 saturated carbocycles. The number of amides is 1. The molecule has 168 valence electrons. The highest BCUT2D eigenvalue weighted by Gasteiger charge is 2.33. The predicted molar refractivity (Wildman–Crippen MR) is 124 cm³/mol. The predicted octanol–water partition coefficient (Wildman–Crippen LogP) is 3.28. The molecule has 32 heavy (non-hydrogen) atoms. The lowest BCUT2D eigenvalue weighted by Gasteiger charge is -2.36. The highest BCUT2D eigenvalue weighted by molar-refractivity contribution is 5.99. The minimum absolute atomic E-state index is 0.106. The standard InChI is InChI=1S/C25H30N4O3/c1-28-13-11-25(31,12-14-28)17-29-21-16-19(26-24(30)22-8-5-15-32-22)9-10-20(21)23(27-29)18-6-3-2-4-7-18/h2-4,6-7,9-10,16,22,31H,5,8,11-15,17H2,1H3,(H,26,30). The summed E-state index contributed by atoms with van der Waals surface area (Å²) < 4.78 is 7.42. The molecule has 1 atom stereocenters. The van der Waals surface area contributed by atoms with Crippen LogP contribution in [0.4, 0.5) is 5.69 Å². The third kappa shape index (κ3) is 4.28. The zero-order valence-electron chi connectivity index (χ0n) is 18.5. The van der Waals surface area contributed by atoms with E-state index in [4.69, 9.17) is 9.84 Å². The number of rotatable bonds is 5. The number of hydrogen-bond donors (Lipinski definition) is 2. The van der Waals surface area contributed by atoms with Gasteiger partial charge in [-0.1, -0.05) is 30.3 Å². The zero-order chi connectivity index (χ0) is 22.1. The van der Waals surface area contributed by atoms with E-state index in [0.29, 0.717) is 31.7 Å². The molecule has 2 saturated heterocycles. The van der Waals surface area contributed by atoms with Crippen molar-refractivity contribution >= 4 is 22.5 Å². The first-order chi connectivity index (χ1) is 15.5. The van der Waals surface area contributed by atoms with E-state index in [9.17, 15) is 9.90 Å². The van der Waals surface area contributed by atoms with Crippen molar-refractivity contribution in [3.8, 4) is 11.3 Å². The van der Waals surface area contributed by atoms with Gasteiger partial charge in [0.15, 0.2) is 0 Å². The van der Waals surface area contributed by atoms with Crippen molar-refractivity contribution in [2.45, 2.75) is 43.9 Å². The molecule has 2 aliphatic rings. The zero-order valence-corrected chi connectivity index (χ0v) is 18.5. The molecule has 5 rings (SSSR count). The van der Waals surface area contributed by atoms with E-state index < -0.39 is 5.60 Å². The summed E-state index contributed by atoms with van der Waals surface area (Å²) in [6, 6.07) is 16.0. The van der Waals surface area contributed by atoms with Gasteiger partial charge >= 0.3 is 0 Å². The van der Waals surface area contributed by atoms with Crippen LogP contribution in [0.5, 0.6) is 0 Å². The molecule has 2 fully saturated rings. The third-order valence-electron chi connectivity index (χ3n) is 6.65. The fourth-order valence-electron chi connectivity index (χ4n) is 4.66. The monoisotopic (exact) mass is 434 g/mol. The molecule has 0 aliphatic carbocycles. The van der Waals surface area contributed by atoms with Gasteiger partial charge in [0.25, 0.3) is 5.91 Å². The Morgan fingerprint density at radius 3 is 2.72 bits per heavy atom. The first-order valence-electron chi connectivity index (χ1n) is 11.4. The Morgan fingerprint density at radius 2 is 2.00 bits per heavy atom. The van der Waals surface area contributed by atoms with Crippen LogP contribution in [0.2, 0.25) is 0 Å². The van der Waals surface area contributed by atoms with Crippen LogP contribution < -0.4 is 5.32 Å². The van der Waals surface area contributed by atoms with E-state index in [2.05, 4.69) is 17.3 Å². The summed E-state index contributed by atoms with van der Waals surface area (Å²) in [4.78, 5) is 14.8. The number of carbonyl (C=O) groups excluding carboxylic acids is 1. The van der Waals surface area contributed by atoms with Crippen LogP contribution in [0.3, 0.4) is 0 Å². The maximum atomic E-state index is 12.6. The maximum Gasteiger partial charge on any atom is 0.253 e. The molecular formula is C25H30N4O3. The van der Waals surface area contributed by atoms with Crippen LogP contribution in [-0.4, -0.2) is 64.1 Å². The molecule has 7 nitrogen and oxygen atoms in total. The van der Waals surface area contributed by atoms with E-state index in [1.54, 1.807) is 0 Å². The average Bonchev–Trinajstić information content (AvgIpc) is 3.46. The number of carbonyl (C=O) groups is 1. The van der Waals surface area contributed by atoms with E-state index >= 15 is 0 Å². The van der Waals surface area contributed by atoms with Crippen molar-refractivity contribution in [2.75, 3.05) is 32.1 Å². The third-order valence-corrected chi connectivity index (χ3v) is 6.65. The van der Waals surface area contributed by atoms with E-state index in [1.165, 1.54) is 0 Å². The van der Waals surface area contributed by atoms with Gasteiger partial charge in [0, 0.05) is 36.3 Å². The van der Waals surface area contributed by atoms with Gasteiger partial charge in [-0.25, -0.2) is 0 Å². The fourth-order valence-corrected chi connectivity index (χ4v) is 4.66. The normalized spacial score (nSPS) is 21.1. The number of aromatic nitrogens is 2. The number of hydrogen-bond acceptors (Lipinski definition) is 5. The summed E-state index contributed by atoms with van der Waals surface area (Å²) >= 11 is 0. The van der Waals surface area contributed by atoms with Crippen molar-refractivity contribution in [3.63, 3.8) is 0 Å². The Morgan fingerprint density at radius 1 is 1.22 bits per heavy atom. The summed E-state index contributed by atoms with van der Waals surface area (Å²) in [5.41, 5.74) is 2.74. The second kappa shape index (κ2) is 8.65. The molecule has 2 aromatic carbocycles. The Balaban J connectivity index is 1.50. The molecule has 2 N–H and O–H groups in total. The molecular weight excluding hydrogens is 404 g/mol. The molecule has 3 aromatic rings. The van der Waals surface area contributed by atoms with Gasteiger partial charge in [0.2, 0.25) is 0 Å². The lowest BCUT2D eigenvalue weighted by atomic mass is 9.91. The highest BCUT2D eigenvalue weighted by Crippen LogP contribution is 2.32. The number of nitrogens with zero attached hydrogens (tertiary/aromatic N) is 3. The minimum Gasteiger partial charge on any atom is -0.388 e. The van der Waals surface area contributed by atoms with E-state index in [0.717, 1.165) is 48.1 Å². The quantitative estimate of drug-likeness (QED) is 0.644. The van der Waals surface area contributed by atoms with Crippen LogP contribution in [0.1, 0.15) is 25.7 Å². The molecule has 0 radical (unpaired) electrons. The second-order valence-electron chi connectivity index (χ2n) is 9.12. The van der Waals surface area contributed by atoms with Crippen molar-refractivity contribution in [1.29, 1.82) is 0 Å². The number of likely N-dealkylation sites (tertiary alicyclic amines) is 1. The highest BCUT2D eigenvalue weighted by atomic mass is 16.5. The number of benzene rings is 2. The van der Waals surface area contributed by atoms with Gasteiger partial charge in [-0.15, -0.1) is 0 Å². The van der Waals surface area contributed by atoms with Crippen molar-refractivity contribution < 1.29 is 14.6 Å². The van der Waals surface area contributed by atoms with Gasteiger partial charge in [-0.3, -0.25) is 9.48 Å². The van der Waals surface area contributed by atoms with Crippen molar-refractivity contribution in [1.82, 2.24) is 14.7 Å². The van der Waals surface area contributed by atoms with E-state index in [1.807, 2.05) is 53.2 Å². The second-order valence-corrected chi connectivity index (χ2v) is 9.12. The molecule has 1 aromatic heterocycles. The van der Waals surface area contributed by atoms with Gasteiger partial charge in [0.1, 0.15) is 11.8 Å². The summed E-state index contributed by atoms with van der Waals surface area (Å²) in [7, 11) is 2.08. The average molecular weight is 435 g/mol. The van der Waals surface area contributed by atoms with E-state index in [-0.39, 0.29) is 12.0 Å². The lowest BCUT2D eigenvalue weighted by molar-refractivity contribution is -0.124. The number of aliphatic hydroxyl groups is 1. The largest absolute Gasteiger partial charge is 0.388 e. The van der Waals surface area contributed by atoms with Gasteiger partial charge < -0.3 is 20.1 Å². The Bertz CT molecular complexity index is 1100. The summed E-state index contributed by atoms with van der Waals surface area (Å²) in [5, 5.41) is 20.2. The van der Waals surface area contributed by atoms with Gasteiger partial charge in [0.05, 0.1) is 17.7 Å². The number of nitrogens with one attached hydrogen (secondary N) is 1. The summed E-state index contributed by atoms with van der Waals surface area (Å²) in [6.07, 6.45) is 2.71. The minimum atomic E-state index is -0.795. The molecule has 2 aliphatic heterocycles. The Labute approximate surface area is 188 Å². The molecule has 1 amide bonds. The summed E-state index contributed by atoms with van der Waals surface area (Å²) in [5.74, 6) is -0.106. The van der Waals surface area contributed by atoms with Gasteiger partial charge in [-0.2, -0.15) is 5.10 Å². The SMILES string of the molecule is CN1CCC(O)(Cn2nc(-c3ccccc3)c3ccc(NC(=O)C4CCCO4)cc32)CC1. The van der Waals surface area contributed by atoms with Crippen LogP contribution in [0.25, 0.3) is 22.2 Å².